The molecule has 2 aromatic carbocycles. The highest BCUT2D eigenvalue weighted by Gasteiger charge is 2.08. The number of halogens is 1. The fourth-order valence-corrected chi connectivity index (χ4v) is 2.37. The first kappa shape index (κ1) is 17.6. The van der Waals surface area contributed by atoms with Crippen molar-refractivity contribution >= 4 is 40.6 Å². The lowest BCUT2D eigenvalue weighted by Gasteiger charge is -2.09. The van der Waals surface area contributed by atoms with Crippen LogP contribution < -0.4 is 10.6 Å². The zero-order chi connectivity index (χ0) is 18.7. The van der Waals surface area contributed by atoms with Gasteiger partial charge in [0.1, 0.15) is 0 Å². The summed E-state index contributed by atoms with van der Waals surface area (Å²) in [5, 5.41) is 16.8. The topological polar surface area (TPSA) is 106 Å². The Morgan fingerprint density at radius 3 is 2.04 bits per heavy atom. The monoisotopic (exact) mass is 370 g/mol. The van der Waals surface area contributed by atoms with Gasteiger partial charge in [0.25, 0.3) is 5.69 Å². The Hall–Kier alpha value is -3.26. The molecule has 0 aliphatic carbocycles. The second-order valence-electron chi connectivity index (χ2n) is 5.60. The molecule has 3 aromatic rings. The molecule has 0 bridgehead atoms. The molecule has 0 saturated heterocycles. The largest absolute Gasteiger partial charge is 0.324 e. The molecule has 0 amide bonds. The van der Waals surface area contributed by atoms with Gasteiger partial charge in [0, 0.05) is 23.5 Å². The summed E-state index contributed by atoms with van der Waals surface area (Å²) in [6.45, 7) is 4.05. The maximum atomic E-state index is 10.7. The Morgan fingerprint density at radius 2 is 1.46 bits per heavy atom. The van der Waals surface area contributed by atoms with Crippen LogP contribution in [0.15, 0.2) is 42.5 Å². The van der Waals surface area contributed by atoms with Gasteiger partial charge in [-0.15, -0.1) is 0 Å². The summed E-state index contributed by atoms with van der Waals surface area (Å²) < 4.78 is 0. The first-order valence-corrected chi connectivity index (χ1v) is 8.06. The molecule has 0 aliphatic heterocycles. The van der Waals surface area contributed by atoms with E-state index in [0.717, 1.165) is 11.3 Å². The highest BCUT2D eigenvalue weighted by molar-refractivity contribution is 6.28. The predicted molar refractivity (Wildman–Crippen MR) is 100 cm³/mol. The number of hydrogen-bond acceptors (Lipinski definition) is 7. The smallest absolute Gasteiger partial charge is 0.269 e. The van der Waals surface area contributed by atoms with Crippen molar-refractivity contribution in [3.05, 3.63) is 69.0 Å². The van der Waals surface area contributed by atoms with E-state index in [9.17, 15) is 10.1 Å². The van der Waals surface area contributed by atoms with Crippen LogP contribution in [0.1, 0.15) is 11.1 Å². The molecule has 26 heavy (non-hydrogen) atoms. The van der Waals surface area contributed by atoms with Crippen LogP contribution in [0.3, 0.4) is 0 Å². The van der Waals surface area contributed by atoms with Crippen LogP contribution in [0.2, 0.25) is 5.28 Å². The number of nitrogens with one attached hydrogen (secondary N) is 2. The van der Waals surface area contributed by atoms with Gasteiger partial charge in [-0.3, -0.25) is 10.1 Å². The van der Waals surface area contributed by atoms with Crippen molar-refractivity contribution in [2.45, 2.75) is 13.8 Å². The summed E-state index contributed by atoms with van der Waals surface area (Å²) in [4.78, 5) is 22.6. The number of nitrogens with zero attached hydrogens (tertiary/aromatic N) is 4. The van der Waals surface area contributed by atoms with E-state index in [2.05, 4.69) is 25.6 Å². The van der Waals surface area contributed by atoms with Crippen LogP contribution >= 0.6 is 11.6 Å². The van der Waals surface area contributed by atoms with Crippen LogP contribution in [0.5, 0.6) is 0 Å². The van der Waals surface area contributed by atoms with Crippen LogP contribution in [0.4, 0.5) is 29.0 Å². The summed E-state index contributed by atoms with van der Waals surface area (Å²) >= 11 is 5.97. The number of benzene rings is 2. The number of non-ortho nitro benzene ring substituents is 1. The van der Waals surface area contributed by atoms with Crippen molar-refractivity contribution in [1.29, 1.82) is 0 Å². The fourth-order valence-electron chi connectivity index (χ4n) is 2.21. The van der Waals surface area contributed by atoms with E-state index in [4.69, 9.17) is 11.6 Å². The number of aromatic nitrogens is 3. The SMILES string of the molecule is Cc1ccc(Nc2nc(Cl)nc(Nc3ccc([N+](=O)[O-])cc3)n2)cc1C. The average Bonchev–Trinajstić information content (AvgIpc) is 2.58. The van der Waals surface area contributed by atoms with Crippen LogP contribution in [0.25, 0.3) is 0 Å². The van der Waals surface area contributed by atoms with Gasteiger partial charge in [-0.1, -0.05) is 6.07 Å². The van der Waals surface area contributed by atoms with E-state index < -0.39 is 4.92 Å². The number of hydrogen-bond donors (Lipinski definition) is 2. The van der Waals surface area contributed by atoms with Crippen molar-refractivity contribution in [2.75, 3.05) is 10.6 Å². The molecule has 0 spiro atoms. The first-order valence-electron chi connectivity index (χ1n) is 7.68. The maximum absolute atomic E-state index is 10.7. The highest BCUT2D eigenvalue weighted by Crippen LogP contribution is 2.21. The van der Waals surface area contributed by atoms with E-state index in [1.807, 2.05) is 32.0 Å². The van der Waals surface area contributed by atoms with Crippen molar-refractivity contribution in [3.8, 4) is 0 Å². The molecular formula is C17H15ClN6O2. The Kier molecular flexibility index (Phi) is 4.94. The van der Waals surface area contributed by atoms with E-state index in [1.54, 1.807) is 12.1 Å². The summed E-state index contributed by atoms with van der Waals surface area (Å²) in [6.07, 6.45) is 0. The lowest BCUT2D eigenvalue weighted by atomic mass is 10.1. The molecule has 3 rings (SSSR count). The number of anilines is 4. The molecule has 1 heterocycles. The lowest BCUT2D eigenvalue weighted by Crippen LogP contribution is -2.04. The quantitative estimate of drug-likeness (QED) is 0.501. The van der Waals surface area contributed by atoms with Crippen LogP contribution in [-0.4, -0.2) is 19.9 Å². The molecule has 0 radical (unpaired) electrons. The van der Waals surface area contributed by atoms with Gasteiger partial charge in [-0.05, 0) is 60.8 Å². The third-order valence-electron chi connectivity index (χ3n) is 3.71. The Bertz CT molecular complexity index is 962. The maximum Gasteiger partial charge on any atom is 0.269 e. The molecule has 0 atom stereocenters. The van der Waals surface area contributed by atoms with E-state index in [0.29, 0.717) is 5.69 Å². The number of nitro groups is 1. The molecule has 8 nitrogen and oxygen atoms in total. The number of rotatable bonds is 5. The molecule has 0 aliphatic rings. The zero-order valence-corrected chi connectivity index (χ0v) is 14.8. The van der Waals surface area contributed by atoms with Crippen molar-refractivity contribution < 1.29 is 4.92 Å². The van der Waals surface area contributed by atoms with Gasteiger partial charge >= 0.3 is 0 Å². The molecule has 0 fully saturated rings. The van der Waals surface area contributed by atoms with E-state index >= 15 is 0 Å². The molecule has 0 unspecified atom stereocenters. The number of aryl methyl sites for hydroxylation is 2. The van der Waals surface area contributed by atoms with Gasteiger partial charge < -0.3 is 10.6 Å². The number of nitro benzene ring substituents is 1. The van der Waals surface area contributed by atoms with Crippen LogP contribution in [0, 0.1) is 24.0 Å². The average molecular weight is 371 g/mol. The van der Waals surface area contributed by atoms with Crippen molar-refractivity contribution in [3.63, 3.8) is 0 Å². The third kappa shape index (κ3) is 4.22. The molecule has 132 valence electrons. The van der Waals surface area contributed by atoms with Crippen molar-refractivity contribution in [1.82, 2.24) is 15.0 Å². The van der Waals surface area contributed by atoms with Crippen molar-refractivity contribution in [2.24, 2.45) is 0 Å². The first-order chi connectivity index (χ1) is 12.4. The second-order valence-corrected chi connectivity index (χ2v) is 5.94. The standard InChI is InChI=1S/C17H15ClN6O2/c1-10-3-4-13(9-11(10)2)20-17-22-15(18)21-16(23-17)19-12-5-7-14(8-6-12)24(25)26/h3-9H,1-2H3,(H2,19,20,21,22,23). The normalized spacial score (nSPS) is 10.4. The second kappa shape index (κ2) is 7.32. The summed E-state index contributed by atoms with van der Waals surface area (Å²) in [7, 11) is 0. The van der Waals surface area contributed by atoms with E-state index in [-0.39, 0.29) is 22.9 Å². The van der Waals surface area contributed by atoms with E-state index in [1.165, 1.54) is 17.7 Å². The molecule has 2 N–H and O–H groups in total. The minimum absolute atomic E-state index is 0.00123. The highest BCUT2D eigenvalue weighted by atomic mass is 35.5. The summed E-state index contributed by atoms with van der Waals surface area (Å²) in [5.41, 5.74) is 3.75. The van der Waals surface area contributed by atoms with Gasteiger partial charge in [-0.2, -0.15) is 15.0 Å². The summed E-state index contributed by atoms with van der Waals surface area (Å²) in [6, 6.07) is 11.8. The molecule has 9 heteroatoms. The minimum atomic E-state index is -0.463. The van der Waals surface area contributed by atoms with Gasteiger partial charge in [0.05, 0.1) is 4.92 Å². The van der Waals surface area contributed by atoms with Gasteiger partial charge in [0.15, 0.2) is 0 Å². The lowest BCUT2D eigenvalue weighted by molar-refractivity contribution is -0.384. The predicted octanol–water partition coefficient (Wildman–Crippen LogP) is 4.54. The Morgan fingerprint density at radius 1 is 0.885 bits per heavy atom. The molecule has 0 saturated carbocycles. The minimum Gasteiger partial charge on any atom is -0.324 e. The third-order valence-corrected chi connectivity index (χ3v) is 3.87. The van der Waals surface area contributed by atoms with Crippen LogP contribution in [-0.2, 0) is 0 Å². The Balaban J connectivity index is 1.80. The molecular weight excluding hydrogens is 356 g/mol. The fraction of sp³-hybridized carbons (Fsp3) is 0.118. The summed E-state index contributed by atoms with van der Waals surface area (Å²) in [5.74, 6) is 0.517. The zero-order valence-electron chi connectivity index (χ0n) is 14.0. The van der Waals surface area contributed by atoms with Gasteiger partial charge in [0.2, 0.25) is 17.2 Å². The molecule has 1 aromatic heterocycles. The Labute approximate surface area is 154 Å². The van der Waals surface area contributed by atoms with Gasteiger partial charge in [-0.25, -0.2) is 0 Å².